The number of H-pyrrole nitrogens is 1. The van der Waals surface area contributed by atoms with Gasteiger partial charge in [0.05, 0.1) is 0 Å². The summed E-state index contributed by atoms with van der Waals surface area (Å²) in [5.41, 5.74) is 2.02. The van der Waals surface area contributed by atoms with E-state index in [2.05, 4.69) is 17.2 Å². The monoisotopic (exact) mass is 278 g/mol. The van der Waals surface area contributed by atoms with Gasteiger partial charge >= 0.3 is 0 Å². The van der Waals surface area contributed by atoms with Crippen LogP contribution in [0.5, 0.6) is 0 Å². The van der Waals surface area contributed by atoms with Crippen LogP contribution in [0.15, 0.2) is 10.9 Å². The minimum atomic E-state index is -0.302. The van der Waals surface area contributed by atoms with Crippen molar-refractivity contribution in [1.29, 1.82) is 0 Å². The Balaban J connectivity index is 2.09. The first-order valence-electron chi connectivity index (χ1n) is 7.14. The Bertz CT molecular complexity index is 536. The predicted molar refractivity (Wildman–Crippen MR) is 77.1 cm³/mol. The van der Waals surface area contributed by atoms with E-state index in [1.807, 2.05) is 0 Å². The Morgan fingerprint density at radius 1 is 1.55 bits per heavy atom. The molecule has 0 aromatic carbocycles. The van der Waals surface area contributed by atoms with E-state index in [0.29, 0.717) is 19.1 Å². The molecule has 1 unspecified atom stereocenters. The zero-order valence-electron chi connectivity index (χ0n) is 12.1. The van der Waals surface area contributed by atoms with Crippen LogP contribution in [0, 0.1) is 5.92 Å². The molecular formula is C15H22N2O3. The van der Waals surface area contributed by atoms with E-state index < -0.39 is 0 Å². The number of carbonyl (C=O) groups is 1. The van der Waals surface area contributed by atoms with Crippen molar-refractivity contribution < 1.29 is 9.53 Å². The molecule has 2 rings (SSSR count). The molecule has 0 aliphatic heterocycles. The average Bonchev–Trinajstić information content (AvgIpc) is 2.43. The summed E-state index contributed by atoms with van der Waals surface area (Å²) in [6, 6.07) is 1.76. The number of aromatic nitrogens is 1. The normalized spacial score (nSPS) is 17.6. The van der Waals surface area contributed by atoms with Gasteiger partial charge in [0.15, 0.2) is 0 Å². The smallest absolute Gasteiger partial charge is 0.261 e. The lowest BCUT2D eigenvalue weighted by Crippen LogP contribution is -2.32. The summed E-state index contributed by atoms with van der Waals surface area (Å²) < 4.78 is 4.92. The minimum Gasteiger partial charge on any atom is -0.385 e. The molecule has 1 amide bonds. The van der Waals surface area contributed by atoms with Gasteiger partial charge in [0.1, 0.15) is 5.56 Å². The molecular weight excluding hydrogens is 256 g/mol. The molecule has 1 aromatic heterocycles. The standard InChI is InChI=1S/C15H22N2O3/c1-10-4-5-13-11(8-10)9-12(15(19)17-13)14(18)16-6-3-7-20-2/h9-10H,3-8H2,1-2H3,(H,16,18)(H,17,19). The summed E-state index contributed by atoms with van der Waals surface area (Å²) in [6.07, 6.45) is 3.64. The maximum absolute atomic E-state index is 12.0. The van der Waals surface area contributed by atoms with Gasteiger partial charge in [0.25, 0.3) is 11.5 Å². The fourth-order valence-electron chi connectivity index (χ4n) is 2.57. The highest BCUT2D eigenvalue weighted by Gasteiger charge is 2.19. The Morgan fingerprint density at radius 2 is 2.35 bits per heavy atom. The maximum Gasteiger partial charge on any atom is 0.261 e. The summed E-state index contributed by atoms with van der Waals surface area (Å²) in [6.45, 7) is 3.30. The van der Waals surface area contributed by atoms with Gasteiger partial charge in [-0.25, -0.2) is 0 Å². The second-order valence-electron chi connectivity index (χ2n) is 5.47. The van der Waals surface area contributed by atoms with E-state index in [1.165, 1.54) is 0 Å². The van der Waals surface area contributed by atoms with Crippen LogP contribution in [0.1, 0.15) is 41.4 Å². The van der Waals surface area contributed by atoms with E-state index in [0.717, 1.165) is 36.9 Å². The molecule has 5 heteroatoms. The van der Waals surface area contributed by atoms with E-state index >= 15 is 0 Å². The minimum absolute atomic E-state index is 0.218. The summed E-state index contributed by atoms with van der Waals surface area (Å²) in [5, 5.41) is 2.75. The van der Waals surface area contributed by atoms with Gasteiger partial charge in [-0.1, -0.05) is 6.92 Å². The van der Waals surface area contributed by atoms with E-state index in [1.54, 1.807) is 13.2 Å². The molecule has 110 valence electrons. The number of aryl methyl sites for hydroxylation is 1. The lowest BCUT2D eigenvalue weighted by molar-refractivity contribution is 0.0947. The van der Waals surface area contributed by atoms with Crippen LogP contribution >= 0.6 is 0 Å². The van der Waals surface area contributed by atoms with Crippen molar-refractivity contribution in [3.63, 3.8) is 0 Å². The Morgan fingerprint density at radius 3 is 3.10 bits per heavy atom. The zero-order chi connectivity index (χ0) is 14.5. The lowest BCUT2D eigenvalue weighted by atomic mass is 9.87. The van der Waals surface area contributed by atoms with Crippen molar-refractivity contribution in [3.05, 3.63) is 33.2 Å². The fourth-order valence-corrected chi connectivity index (χ4v) is 2.57. The van der Waals surface area contributed by atoms with Crippen molar-refractivity contribution in [3.8, 4) is 0 Å². The van der Waals surface area contributed by atoms with Crippen LogP contribution in [0.3, 0.4) is 0 Å². The van der Waals surface area contributed by atoms with E-state index in [4.69, 9.17) is 4.74 Å². The number of rotatable bonds is 5. The number of nitrogens with one attached hydrogen (secondary N) is 2. The van der Waals surface area contributed by atoms with Crippen LogP contribution in [0.4, 0.5) is 0 Å². The number of aromatic amines is 1. The van der Waals surface area contributed by atoms with Crippen LogP contribution in [0.2, 0.25) is 0 Å². The zero-order valence-corrected chi connectivity index (χ0v) is 12.1. The molecule has 1 heterocycles. The van der Waals surface area contributed by atoms with Crippen molar-refractivity contribution in [2.24, 2.45) is 5.92 Å². The molecule has 0 saturated carbocycles. The first kappa shape index (κ1) is 14.8. The van der Waals surface area contributed by atoms with Gasteiger partial charge < -0.3 is 15.0 Å². The van der Waals surface area contributed by atoms with Crippen molar-refractivity contribution >= 4 is 5.91 Å². The molecule has 0 bridgehead atoms. The average molecular weight is 278 g/mol. The fraction of sp³-hybridized carbons (Fsp3) is 0.600. The largest absolute Gasteiger partial charge is 0.385 e. The Kier molecular flexibility index (Phi) is 4.95. The van der Waals surface area contributed by atoms with Crippen LogP contribution in [-0.2, 0) is 17.6 Å². The van der Waals surface area contributed by atoms with Crippen LogP contribution in [-0.4, -0.2) is 31.2 Å². The highest BCUT2D eigenvalue weighted by Crippen LogP contribution is 2.23. The van der Waals surface area contributed by atoms with Gasteiger partial charge in [0, 0.05) is 26.0 Å². The van der Waals surface area contributed by atoms with E-state index in [-0.39, 0.29) is 17.0 Å². The third-order valence-electron chi connectivity index (χ3n) is 3.73. The first-order valence-corrected chi connectivity index (χ1v) is 7.14. The SMILES string of the molecule is COCCCNC(=O)c1cc2c([nH]c1=O)CCC(C)C2. The second kappa shape index (κ2) is 6.70. The molecule has 1 atom stereocenters. The lowest BCUT2D eigenvalue weighted by Gasteiger charge is -2.21. The van der Waals surface area contributed by atoms with Gasteiger partial charge in [-0.15, -0.1) is 0 Å². The molecule has 0 fully saturated rings. The van der Waals surface area contributed by atoms with Gasteiger partial charge in [0.2, 0.25) is 0 Å². The summed E-state index contributed by atoms with van der Waals surface area (Å²) >= 11 is 0. The summed E-state index contributed by atoms with van der Waals surface area (Å²) in [5.74, 6) is 0.300. The van der Waals surface area contributed by atoms with Gasteiger partial charge in [-0.3, -0.25) is 9.59 Å². The van der Waals surface area contributed by atoms with Crippen molar-refractivity contribution in [1.82, 2.24) is 10.3 Å². The number of carbonyl (C=O) groups excluding carboxylic acids is 1. The Hall–Kier alpha value is -1.62. The number of hydrogen-bond acceptors (Lipinski definition) is 3. The predicted octanol–water partition coefficient (Wildman–Crippen LogP) is 1.27. The topological polar surface area (TPSA) is 71.2 Å². The summed E-state index contributed by atoms with van der Waals surface area (Å²) in [4.78, 5) is 26.8. The maximum atomic E-state index is 12.0. The van der Waals surface area contributed by atoms with E-state index in [9.17, 15) is 9.59 Å². The molecule has 0 radical (unpaired) electrons. The number of fused-ring (bicyclic) bond motifs is 1. The van der Waals surface area contributed by atoms with Gasteiger partial charge in [-0.05, 0) is 43.2 Å². The van der Waals surface area contributed by atoms with Crippen molar-refractivity contribution in [2.75, 3.05) is 20.3 Å². The number of methoxy groups -OCH3 is 1. The van der Waals surface area contributed by atoms with Crippen molar-refractivity contribution in [2.45, 2.75) is 32.6 Å². The van der Waals surface area contributed by atoms with Crippen LogP contribution < -0.4 is 10.9 Å². The molecule has 20 heavy (non-hydrogen) atoms. The Labute approximate surface area is 118 Å². The number of ether oxygens (including phenoxy) is 1. The van der Waals surface area contributed by atoms with Crippen LogP contribution in [0.25, 0.3) is 0 Å². The van der Waals surface area contributed by atoms with Gasteiger partial charge in [-0.2, -0.15) is 0 Å². The molecule has 1 aliphatic carbocycles. The molecule has 0 spiro atoms. The number of pyridine rings is 1. The molecule has 0 saturated heterocycles. The molecule has 1 aromatic rings. The molecule has 5 nitrogen and oxygen atoms in total. The first-order chi connectivity index (χ1) is 9.61. The number of hydrogen-bond donors (Lipinski definition) is 2. The number of amides is 1. The quantitative estimate of drug-likeness (QED) is 0.797. The highest BCUT2D eigenvalue weighted by molar-refractivity contribution is 5.94. The second-order valence-corrected chi connectivity index (χ2v) is 5.47. The third kappa shape index (κ3) is 3.48. The summed E-state index contributed by atoms with van der Waals surface area (Å²) in [7, 11) is 1.62. The third-order valence-corrected chi connectivity index (χ3v) is 3.73. The molecule has 2 N–H and O–H groups in total. The highest BCUT2D eigenvalue weighted by atomic mass is 16.5. The molecule has 1 aliphatic rings.